The lowest BCUT2D eigenvalue weighted by molar-refractivity contribution is 0.102. The lowest BCUT2D eigenvalue weighted by Crippen LogP contribution is -2.15. The number of aryl methyl sites for hydroxylation is 1. The monoisotopic (exact) mass is 367 g/mol. The van der Waals surface area contributed by atoms with Crippen LogP contribution in [0.4, 0.5) is 5.69 Å². The molecular weight excluding hydrogens is 346 g/mol. The Hall–Kier alpha value is -3.40. The first-order valence-electron chi connectivity index (χ1n) is 9.75. The number of nitrogens with zero attached hydrogens (tertiary/aromatic N) is 1. The maximum Gasteiger partial charge on any atom is 0.273 e. The summed E-state index contributed by atoms with van der Waals surface area (Å²) < 4.78 is 0. The Kier molecular flexibility index (Phi) is 4.17. The molecule has 2 N–H and O–H groups in total. The molecule has 0 saturated heterocycles. The van der Waals surface area contributed by atoms with Gasteiger partial charge in [-0.1, -0.05) is 54.6 Å². The summed E-state index contributed by atoms with van der Waals surface area (Å²) in [5, 5.41) is 12.7. The van der Waals surface area contributed by atoms with E-state index in [1.54, 1.807) is 0 Å². The SMILES string of the molecule is O=C(Nc1cccc2c1CCCC2)c1cc(-c2cccc3ccccc23)n[nH]1. The highest BCUT2D eigenvalue weighted by Crippen LogP contribution is 2.29. The van der Waals surface area contributed by atoms with Crippen molar-refractivity contribution in [3.05, 3.63) is 83.6 Å². The normalized spacial score (nSPS) is 13.3. The fourth-order valence-electron chi connectivity index (χ4n) is 4.11. The van der Waals surface area contributed by atoms with Crippen LogP contribution in [0.25, 0.3) is 22.0 Å². The Bertz CT molecular complexity index is 1170. The maximum absolute atomic E-state index is 12.8. The van der Waals surface area contributed by atoms with Crippen molar-refractivity contribution < 1.29 is 4.79 Å². The van der Waals surface area contributed by atoms with Crippen molar-refractivity contribution in [3.8, 4) is 11.3 Å². The van der Waals surface area contributed by atoms with Gasteiger partial charge in [-0.3, -0.25) is 9.89 Å². The smallest absolute Gasteiger partial charge is 0.273 e. The number of amides is 1. The Morgan fingerprint density at radius 2 is 1.75 bits per heavy atom. The highest BCUT2D eigenvalue weighted by molar-refractivity contribution is 6.04. The molecule has 138 valence electrons. The molecule has 4 heteroatoms. The van der Waals surface area contributed by atoms with Crippen molar-refractivity contribution >= 4 is 22.4 Å². The van der Waals surface area contributed by atoms with E-state index in [0.29, 0.717) is 5.69 Å². The first-order chi connectivity index (χ1) is 13.8. The van der Waals surface area contributed by atoms with Gasteiger partial charge >= 0.3 is 0 Å². The Balaban J connectivity index is 1.44. The fraction of sp³-hybridized carbons (Fsp3) is 0.167. The molecule has 4 aromatic rings. The van der Waals surface area contributed by atoms with Gasteiger partial charge in [0.25, 0.3) is 5.91 Å². The highest BCUT2D eigenvalue weighted by atomic mass is 16.1. The molecule has 0 aliphatic heterocycles. The summed E-state index contributed by atoms with van der Waals surface area (Å²) in [5.74, 6) is -0.155. The van der Waals surface area contributed by atoms with Crippen LogP contribution < -0.4 is 5.32 Å². The molecule has 1 heterocycles. The zero-order chi connectivity index (χ0) is 18.9. The van der Waals surface area contributed by atoms with E-state index < -0.39 is 0 Å². The van der Waals surface area contributed by atoms with Crippen molar-refractivity contribution in [2.24, 2.45) is 0 Å². The molecule has 1 aromatic heterocycles. The van der Waals surface area contributed by atoms with Crippen molar-refractivity contribution in [2.45, 2.75) is 25.7 Å². The van der Waals surface area contributed by atoms with Crippen molar-refractivity contribution in [3.63, 3.8) is 0 Å². The Morgan fingerprint density at radius 1 is 0.929 bits per heavy atom. The zero-order valence-corrected chi connectivity index (χ0v) is 15.5. The van der Waals surface area contributed by atoms with Crippen LogP contribution in [0.2, 0.25) is 0 Å². The molecule has 28 heavy (non-hydrogen) atoms. The summed E-state index contributed by atoms with van der Waals surface area (Å²) in [6.07, 6.45) is 4.51. The minimum absolute atomic E-state index is 0.155. The molecule has 0 unspecified atom stereocenters. The van der Waals surface area contributed by atoms with Crippen LogP contribution >= 0.6 is 0 Å². The summed E-state index contributed by atoms with van der Waals surface area (Å²) in [5.41, 5.74) is 5.81. The third-order valence-corrected chi connectivity index (χ3v) is 5.53. The minimum atomic E-state index is -0.155. The van der Waals surface area contributed by atoms with Gasteiger partial charge in [0.15, 0.2) is 0 Å². The molecule has 0 radical (unpaired) electrons. The fourth-order valence-corrected chi connectivity index (χ4v) is 4.11. The van der Waals surface area contributed by atoms with Crippen LogP contribution in [0.15, 0.2) is 66.7 Å². The molecule has 4 nitrogen and oxygen atoms in total. The largest absolute Gasteiger partial charge is 0.320 e. The second-order valence-electron chi connectivity index (χ2n) is 7.30. The van der Waals surface area contributed by atoms with Crippen molar-refractivity contribution in [1.82, 2.24) is 10.2 Å². The van der Waals surface area contributed by atoms with Crippen LogP contribution in [0.5, 0.6) is 0 Å². The van der Waals surface area contributed by atoms with Crippen molar-refractivity contribution in [1.29, 1.82) is 0 Å². The number of rotatable bonds is 3. The van der Waals surface area contributed by atoms with E-state index in [1.807, 2.05) is 42.5 Å². The number of hydrogen-bond donors (Lipinski definition) is 2. The van der Waals surface area contributed by atoms with E-state index in [4.69, 9.17) is 0 Å². The summed E-state index contributed by atoms with van der Waals surface area (Å²) >= 11 is 0. The van der Waals surface area contributed by atoms with E-state index in [2.05, 4.69) is 39.8 Å². The van der Waals surface area contributed by atoms with E-state index in [-0.39, 0.29) is 5.91 Å². The first-order valence-corrected chi connectivity index (χ1v) is 9.75. The van der Waals surface area contributed by atoms with Crippen LogP contribution in [0.1, 0.15) is 34.5 Å². The van der Waals surface area contributed by atoms with E-state index in [9.17, 15) is 4.79 Å². The predicted octanol–water partition coefficient (Wildman–Crippen LogP) is 5.36. The average molecular weight is 367 g/mol. The van der Waals surface area contributed by atoms with E-state index in [1.165, 1.54) is 24.0 Å². The van der Waals surface area contributed by atoms with Gasteiger partial charge in [0, 0.05) is 11.3 Å². The third kappa shape index (κ3) is 2.97. The number of carbonyl (C=O) groups excluding carboxylic acids is 1. The van der Waals surface area contributed by atoms with Gasteiger partial charge in [-0.2, -0.15) is 5.10 Å². The standard InChI is InChI=1S/C24H21N3O/c28-24(25-21-14-6-10-17-8-2-4-12-19(17)21)23-15-22(26-27-23)20-13-5-9-16-7-1-3-11-18(16)20/h1,3,5-7,9-11,13-15H,2,4,8,12H2,(H,25,28)(H,26,27). The quantitative estimate of drug-likeness (QED) is 0.512. The second kappa shape index (κ2) is 6.97. The minimum Gasteiger partial charge on any atom is -0.320 e. The lowest BCUT2D eigenvalue weighted by Gasteiger charge is -2.19. The number of H-pyrrole nitrogens is 1. The third-order valence-electron chi connectivity index (χ3n) is 5.53. The van der Waals surface area contributed by atoms with Crippen LogP contribution in [-0.2, 0) is 12.8 Å². The van der Waals surface area contributed by atoms with Crippen LogP contribution in [0, 0.1) is 0 Å². The van der Waals surface area contributed by atoms with Gasteiger partial charge in [-0.15, -0.1) is 0 Å². The molecule has 1 aliphatic carbocycles. The van der Waals surface area contributed by atoms with Gasteiger partial charge in [0.2, 0.25) is 0 Å². The highest BCUT2D eigenvalue weighted by Gasteiger charge is 2.17. The van der Waals surface area contributed by atoms with Crippen LogP contribution in [0.3, 0.4) is 0 Å². The number of anilines is 1. The molecule has 0 atom stereocenters. The molecule has 1 amide bonds. The molecule has 0 bridgehead atoms. The number of carbonyl (C=O) groups is 1. The molecule has 0 saturated carbocycles. The molecule has 0 fully saturated rings. The van der Waals surface area contributed by atoms with Crippen LogP contribution in [-0.4, -0.2) is 16.1 Å². The van der Waals surface area contributed by atoms with Gasteiger partial charge in [0.1, 0.15) is 5.69 Å². The molecular formula is C24H21N3O. The van der Waals surface area contributed by atoms with Gasteiger partial charge in [0.05, 0.1) is 5.69 Å². The zero-order valence-electron chi connectivity index (χ0n) is 15.5. The van der Waals surface area contributed by atoms with Crippen molar-refractivity contribution in [2.75, 3.05) is 5.32 Å². The summed E-state index contributed by atoms with van der Waals surface area (Å²) in [6.45, 7) is 0. The van der Waals surface area contributed by atoms with Gasteiger partial charge in [-0.05, 0) is 59.7 Å². The Morgan fingerprint density at radius 3 is 2.71 bits per heavy atom. The summed E-state index contributed by atoms with van der Waals surface area (Å²) in [4.78, 5) is 12.8. The predicted molar refractivity (Wildman–Crippen MR) is 113 cm³/mol. The first kappa shape index (κ1) is 16.8. The molecule has 3 aromatic carbocycles. The average Bonchev–Trinajstić information content (AvgIpc) is 3.24. The molecule has 1 aliphatic rings. The van der Waals surface area contributed by atoms with E-state index >= 15 is 0 Å². The number of aromatic amines is 1. The number of fused-ring (bicyclic) bond motifs is 2. The number of hydrogen-bond acceptors (Lipinski definition) is 2. The maximum atomic E-state index is 12.8. The lowest BCUT2D eigenvalue weighted by atomic mass is 9.90. The summed E-state index contributed by atoms with van der Waals surface area (Å²) in [7, 11) is 0. The molecule has 5 rings (SSSR count). The number of benzene rings is 3. The van der Waals surface area contributed by atoms with E-state index in [0.717, 1.165) is 40.6 Å². The number of aromatic nitrogens is 2. The Labute approximate surface area is 163 Å². The summed E-state index contributed by atoms with van der Waals surface area (Å²) in [6, 6.07) is 22.3. The molecule has 0 spiro atoms. The number of nitrogens with one attached hydrogen (secondary N) is 2. The second-order valence-corrected chi connectivity index (χ2v) is 7.30. The topological polar surface area (TPSA) is 57.8 Å². The van der Waals surface area contributed by atoms with Gasteiger partial charge in [-0.25, -0.2) is 0 Å². The van der Waals surface area contributed by atoms with Gasteiger partial charge < -0.3 is 5.32 Å².